The first-order chi connectivity index (χ1) is 9.49. The maximum absolute atomic E-state index is 13.9. The minimum Gasteiger partial charge on any atom is -0.481 e. The number of carbonyl (C=O) groups is 1. The third-order valence-corrected chi connectivity index (χ3v) is 2.64. The molecule has 0 amide bonds. The molecule has 1 aromatic carbocycles. The Labute approximate surface area is 117 Å². The summed E-state index contributed by atoms with van der Waals surface area (Å²) >= 11 is 0. The van der Waals surface area contributed by atoms with E-state index in [2.05, 4.69) is 4.74 Å². The second-order valence-electron chi connectivity index (χ2n) is 4.68. The third kappa shape index (κ3) is 5.97. The molecule has 21 heavy (non-hydrogen) atoms. The summed E-state index contributed by atoms with van der Waals surface area (Å²) in [4.78, 5) is 10.4. The van der Waals surface area contributed by atoms with Gasteiger partial charge in [0.15, 0.2) is 0 Å². The molecule has 0 aliphatic heterocycles. The highest BCUT2D eigenvalue weighted by atomic mass is 19.4. The summed E-state index contributed by atoms with van der Waals surface area (Å²) in [5.74, 6) is -5.89. The van der Waals surface area contributed by atoms with E-state index in [1.165, 1.54) is 6.92 Å². The van der Waals surface area contributed by atoms with Crippen LogP contribution in [0.1, 0.15) is 25.3 Å². The van der Waals surface area contributed by atoms with Crippen LogP contribution >= 0.6 is 0 Å². The van der Waals surface area contributed by atoms with E-state index < -0.39 is 48.3 Å². The van der Waals surface area contributed by atoms with Gasteiger partial charge in [-0.15, -0.1) is 13.2 Å². The molecule has 0 aliphatic carbocycles. The van der Waals surface area contributed by atoms with Gasteiger partial charge in [0.25, 0.3) is 5.92 Å². The summed E-state index contributed by atoms with van der Waals surface area (Å²) < 4.78 is 67.2. The molecule has 0 radical (unpaired) electrons. The summed E-state index contributed by atoms with van der Waals surface area (Å²) in [5, 5.41) is 8.53. The number of benzene rings is 1. The number of rotatable bonds is 6. The Morgan fingerprint density at radius 3 is 2.14 bits per heavy atom. The molecule has 0 fully saturated rings. The van der Waals surface area contributed by atoms with Crippen LogP contribution in [-0.2, 0) is 10.7 Å². The molecule has 1 unspecified atom stereocenters. The summed E-state index contributed by atoms with van der Waals surface area (Å²) in [5.41, 5.74) is -0.491. The van der Waals surface area contributed by atoms with Crippen molar-refractivity contribution in [3.05, 3.63) is 29.8 Å². The Balaban J connectivity index is 2.77. The standard InChI is InChI=1S/C13H13F5O3/c1-8(6-11(19)20)7-12(14,15)9-2-4-10(5-3-9)21-13(16,17)18/h2-5,8H,6-7H2,1H3,(H,19,20). The highest BCUT2D eigenvalue weighted by Gasteiger charge is 2.35. The zero-order valence-electron chi connectivity index (χ0n) is 11.0. The lowest BCUT2D eigenvalue weighted by molar-refractivity contribution is -0.274. The summed E-state index contributed by atoms with van der Waals surface area (Å²) in [6, 6.07) is 3.24. The van der Waals surface area contributed by atoms with Crippen molar-refractivity contribution in [3.63, 3.8) is 0 Å². The van der Waals surface area contributed by atoms with Gasteiger partial charge >= 0.3 is 12.3 Å². The first-order valence-corrected chi connectivity index (χ1v) is 5.95. The number of hydrogen-bond acceptors (Lipinski definition) is 2. The van der Waals surface area contributed by atoms with Crippen molar-refractivity contribution in [2.45, 2.75) is 32.1 Å². The van der Waals surface area contributed by atoms with Crippen LogP contribution in [0.4, 0.5) is 22.0 Å². The van der Waals surface area contributed by atoms with Crippen molar-refractivity contribution in [2.75, 3.05) is 0 Å². The van der Waals surface area contributed by atoms with Crippen molar-refractivity contribution in [1.82, 2.24) is 0 Å². The minimum atomic E-state index is -4.89. The van der Waals surface area contributed by atoms with Gasteiger partial charge in [-0.3, -0.25) is 4.79 Å². The number of hydrogen-bond donors (Lipinski definition) is 1. The van der Waals surface area contributed by atoms with E-state index in [1.807, 2.05) is 0 Å². The third-order valence-electron chi connectivity index (χ3n) is 2.64. The molecular weight excluding hydrogens is 299 g/mol. The summed E-state index contributed by atoms with van der Waals surface area (Å²) in [6.07, 6.45) is -6.01. The van der Waals surface area contributed by atoms with Gasteiger partial charge in [0.2, 0.25) is 0 Å². The van der Waals surface area contributed by atoms with E-state index in [-0.39, 0.29) is 0 Å². The van der Waals surface area contributed by atoms with Crippen molar-refractivity contribution in [1.29, 1.82) is 0 Å². The molecule has 1 aromatic rings. The maximum Gasteiger partial charge on any atom is 0.573 e. The summed E-state index contributed by atoms with van der Waals surface area (Å²) in [6.45, 7) is 1.36. The molecule has 0 spiro atoms. The maximum atomic E-state index is 13.9. The van der Waals surface area contributed by atoms with Crippen molar-refractivity contribution in [3.8, 4) is 5.75 Å². The molecule has 0 aliphatic rings. The highest BCUT2D eigenvalue weighted by Crippen LogP contribution is 2.36. The van der Waals surface area contributed by atoms with E-state index >= 15 is 0 Å². The molecule has 1 N–H and O–H groups in total. The molecule has 3 nitrogen and oxygen atoms in total. The van der Waals surface area contributed by atoms with Crippen LogP contribution in [0.15, 0.2) is 24.3 Å². The van der Waals surface area contributed by atoms with E-state index in [4.69, 9.17) is 5.11 Å². The fourth-order valence-electron chi connectivity index (χ4n) is 1.83. The highest BCUT2D eigenvalue weighted by molar-refractivity contribution is 5.66. The minimum absolute atomic E-state index is 0.412. The zero-order valence-corrected chi connectivity index (χ0v) is 11.0. The molecule has 118 valence electrons. The van der Waals surface area contributed by atoms with Crippen LogP contribution in [0.2, 0.25) is 0 Å². The number of halogens is 5. The number of carboxylic acids is 1. The molecule has 0 saturated heterocycles. The Kier molecular flexibility index (Phi) is 5.14. The largest absolute Gasteiger partial charge is 0.573 e. The number of aliphatic carboxylic acids is 1. The Bertz CT molecular complexity index is 482. The lowest BCUT2D eigenvalue weighted by Gasteiger charge is -2.20. The SMILES string of the molecule is CC(CC(=O)O)CC(F)(F)c1ccc(OC(F)(F)F)cc1. The Morgan fingerprint density at radius 2 is 1.71 bits per heavy atom. The number of carboxylic acid groups (broad SMARTS) is 1. The number of alkyl halides is 5. The lowest BCUT2D eigenvalue weighted by Crippen LogP contribution is -2.20. The summed E-state index contributed by atoms with van der Waals surface area (Å²) in [7, 11) is 0. The van der Waals surface area contributed by atoms with Crippen LogP contribution in [0.5, 0.6) is 5.75 Å². The first-order valence-electron chi connectivity index (χ1n) is 5.95. The monoisotopic (exact) mass is 312 g/mol. The van der Waals surface area contributed by atoms with Gasteiger partial charge in [-0.2, -0.15) is 0 Å². The molecule has 8 heteroatoms. The molecule has 1 rings (SSSR count). The van der Waals surface area contributed by atoms with Gasteiger partial charge in [0.1, 0.15) is 5.75 Å². The van der Waals surface area contributed by atoms with E-state index in [0.29, 0.717) is 0 Å². The van der Waals surface area contributed by atoms with Gasteiger partial charge in [-0.25, -0.2) is 8.78 Å². The Morgan fingerprint density at radius 1 is 1.19 bits per heavy atom. The van der Waals surface area contributed by atoms with Gasteiger partial charge in [-0.05, 0) is 30.2 Å². The average Bonchev–Trinajstić information content (AvgIpc) is 2.25. The van der Waals surface area contributed by atoms with E-state index in [1.54, 1.807) is 0 Å². The van der Waals surface area contributed by atoms with Crippen molar-refractivity contribution >= 4 is 5.97 Å². The molecular formula is C13H13F5O3. The first kappa shape index (κ1) is 17.2. The average molecular weight is 312 g/mol. The zero-order chi connectivity index (χ0) is 16.3. The lowest BCUT2D eigenvalue weighted by atomic mass is 9.95. The molecule has 0 heterocycles. The van der Waals surface area contributed by atoms with Gasteiger partial charge in [-0.1, -0.05) is 6.92 Å². The van der Waals surface area contributed by atoms with Gasteiger partial charge in [0.05, 0.1) is 0 Å². The van der Waals surface area contributed by atoms with E-state index in [9.17, 15) is 26.7 Å². The predicted molar refractivity (Wildman–Crippen MR) is 63.1 cm³/mol. The van der Waals surface area contributed by atoms with Crippen molar-refractivity contribution < 1.29 is 36.6 Å². The fourth-order valence-corrected chi connectivity index (χ4v) is 1.83. The van der Waals surface area contributed by atoms with E-state index in [0.717, 1.165) is 24.3 Å². The van der Waals surface area contributed by atoms with Crippen LogP contribution in [-0.4, -0.2) is 17.4 Å². The molecule has 0 bridgehead atoms. The predicted octanol–water partition coefficient (Wildman–Crippen LogP) is 4.18. The van der Waals surface area contributed by atoms with Crippen molar-refractivity contribution in [2.24, 2.45) is 5.92 Å². The second kappa shape index (κ2) is 6.28. The van der Waals surface area contributed by atoms with Crippen LogP contribution in [0, 0.1) is 5.92 Å². The normalized spacial score (nSPS) is 13.8. The number of ether oxygens (including phenoxy) is 1. The molecule has 0 aromatic heterocycles. The topological polar surface area (TPSA) is 46.5 Å². The molecule has 0 saturated carbocycles. The molecule has 1 atom stereocenters. The quantitative estimate of drug-likeness (QED) is 0.802. The van der Waals surface area contributed by atoms with Crippen LogP contribution in [0.25, 0.3) is 0 Å². The smallest absolute Gasteiger partial charge is 0.481 e. The van der Waals surface area contributed by atoms with Gasteiger partial charge in [0, 0.05) is 18.4 Å². The fraction of sp³-hybridized carbons (Fsp3) is 0.462. The van der Waals surface area contributed by atoms with Crippen LogP contribution in [0.3, 0.4) is 0 Å². The second-order valence-corrected chi connectivity index (χ2v) is 4.68. The van der Waals surface area contributed by atoms with Gasteiger partial charge < -0.3 is 9.84 Å². The van der Waals surface area contributed by atoms with Crippen LogP contribution < -0.4 is 4.74 Å². The Hall–Kier alpha value is -1.86.